The first-order chi connectivity index (χ1) is 14.7. The highest BCUT2D eigenvalue weighted by molar-refractivity contribution is 5.92. The van der Waals surface area contributed by atoms with E-state index in [1.807, 2.05) is 58.0 Å². The molecule has 0 bridgehead atoms. The van der Waals surface area contributed by atoms with Gasteiger partial charge in [0.25, 0.3) is 0 Å². The molecule has 32 heavy (non-hydrogen) atoms. The van der Waals surface area contributed by atoms with Crippen LogP contribution in [-0.2, 0) is 14.3 Å². The van der Waals surface area contributed by atoms with Crippen molar-refractivity contribution in [3.8, 4) is 0 Å². The maximum Gasteiger partial charge on any atom is 0.408 e. The number of ether oxygens (including phenoxy) is 1. The predicted octanol–water partition coefficient (Wildman–Crippen LogP) is 4.57. The molecule has 7 nitrogen and oxygen atoms in total. The van der Waals surface area contributed by atoms with Gasteiger partial charge in [-0.2, -0.15) is 0 Å². The summed E-state index contributed by atoms with van der Waals surface area (Å²) in [5, 5.41) is 5.66. The Bertz CT molecular complexity index is 766. The van der Waals surface area contributed by atoms with Crippen LogP contribution in [0.2, 0.25) is 0 Å². The van der Waals surface area contributed by atoms with Crippen molar-refractivity contribution in [3.05, 3.63) is 35.9 Å². The Labute approximate surface area is 193 Å². The minimum absolute atomic E-state index is 0.0204. The second-order valence-corrected chi connectivity index (χ2v) is 10.3. The van der Waals surface area contributed by atoms with E-state index in [4.69, 9.17) is 4.74 Å². The molecule has 3 amide bonds. The SMILES string of the molecule is CCCC(C)NC(=O)C(c1ccccc1)N(C(=O)C(C)NC(=O)OC(C)(C)C)C(C)(C)C. The molecule has 0 aliphatic rings. The average molecular weight is 448 g/mol. The van der Waals surface area contributed by atoms with E-state index in [0.29, 0.717) is 5.56 Å². The quantitative estimate of drug-likeness (QED) is 0.611. The molecule has 7 heteroatoms. The van der Waals surface area contributed by atoms with Gasteiger partial charge in [0.1, 0.15) is 17.7 Å². The van der Waals surface area contributed by atoms with E-state index in [0.717, 1.165) is 12.8 Å². The van der Waals surface area contributed by atoms with Crippen LogP contribution in [0.1, 0.15) is 86.8 Å². The first-order valence-electron chi connectivity index (χ1n) is 11.4. The van der Waals surface area contributed by atoms with Crippen molar-refractivity contribution in [2.45, 2.75) is 104 Å². The lowest BCUT2D eigenvalue weighted by Gasteiger charge is -2.43. The number of carbonyl (C=O) groups is 3. The summed E-state index contributed by atoms with van der Waals surface area (Å²) in [6.07, 6.45) is 1.10. The number of carbonyl (C=O) groups excluding carboxylic acids is 3. The number of hydrogen-bond acceptors (Lipinski definition) is 4. The van der Waals surface area contributed by atoms with E-state index in [1.54, 1.807) is 32.6 Å². The fraction of sp³-hybridized carbons (Fsp3) is 0.640. The van der Waals surface area contributed by atoms with Gasteiger partial charge in [0.15, 0.2) is 0 Å². The maximum absolute atomic E-state index is 13.6. The van der Waals surface area contributed by atoms with Gasteiger partial charge in [-0.1, -0.05) is 43.7 Å². The van der Waals surface area contributed by atoms with Crippen LogP contribution >= 0.6 is 0 Å². The third-order valence-electron chi connectivity index (χ3n) is 4.80. The second kappa shape index (κ2) is 11.3. The van der Waals surface area contributed by atoms with Crippen molar-refractivity contribution in [2.24, 2.45) is 0 Å². The van der Waals surface area contributed by atoms with Crippen LogP contribution in [0.4, 0.5) is 4.79 Å². The number of nitrogens with zero attached hydrogens (tertiary/aromatic N) is 1. The van der Waals surface area contributed by atoms with Gasteiger partial charge in [-0.3, -0.25) is 9.59 Å². The Morgan fingerprint density at radius 3 is 2.00 bits per heavy atom. The third kappa shape index (κ3) is 8.52. The Morgan fingerprint density at radius 1 is 0.969 bits per heavy atom. The second-order valence-electron chi connectivity index (χ2n) is 10.3. The van der Waals surface area contributed by atoms with Crippen LogP contribution in [0, 0.1) is 0 Å². The van der Waals surface area contributed by atoms with Crippen molar-refractivity contribution in [2.75, 3.05) is 0 Å². The summed E-state index contributed by atoms with van der Waals surface area (Å²) in [4.78, 5) is 40.8. The fourth-order valence-electron chi connectivity index (χ4n) is 3.48. The summed E-state index contributed by atoms with van der Waals surface area (Å²) < 4.78 is 5.30. The van der Waals surface area contributed by atoms with Crippen LogP contribution in [0.25, 0.3) is 0 Å². The van der Waals surface area contributed by atoms with Crippen LogP contribution < -0.4 is 10.6 Å². The van der Waals surface area contributed by atoms with Crippen LogP contribution in [-0.4, -0.2) is 46.0 Å². The van der Waals surface area contributed by atoms with Crippen molar-refractivity contribution in [1.82, 2.24) is 15.5 Å². The normalized spacial score (nSPS) is 14.7. The van der Waals surface area contributed by atoms with E-state index in [2.05, 4.69) is 17.6 Å². The molecule has 0 fully saturated rings. The third-order valence-corrected chi connectivity index (χ3v) is 4.80. The highest BCUT2D eigenvalue weighted by Gasteiger charge is 2.40. The molecule has 0 radical (unpaired) electrons. The largest absolute Gasteiger partial charge is 0.444 e. The number of benzene rings is 1. The lowest BCUT2D eigenvalue weighted by Crippen LogP contribution is -2.58. The molecule has 2 N–H and O–H groups in total. The first-order valence-corrected chi connectivity index (χ1v) is 11.4. The lowest BCUT2D eigenvalue weighted by atomic mass is 9.95. The summed E-state index contributed by atoms with van der Waals surface area (Å²) in [5.74, 6) is -0.611. The summed E-state index contributed by atoms with van der Waals surface area (Å²) in [6.45, 7) is 16.5. The van der Waals surface area contributed by atoms with Gasteiger partial charge in [0.05, 0.1) is 0 Å². The molecule has 1 aromatic carbocycles. The van der Waals surface area contributed by atoms with Crippen molar-refractivity contribution in [1.29, 1.82) is 0 Å². The molecule has 0 spiro atoms. The molecule has 0 saturated heterocycles. The number of alkyl carbamates (subject to hydrolysis) is 1. The Kier molecular flexibility index (Phi) is 9.73. The predicted molar refractivity (Wildman–Crippen MR) is 127 cm³/mol. The van der Waals surface area contributed by atoms with Crippen molar-refractivity contribution >= 4 is 17.9 Å². The van der Waals surface area contributed by atoms with Gasteiger partial charge in [0, 0.05) is 11.6 Å². The molecule has 0 saturated carbocycles. The summed E-state index contributed by atoms with van der Waals surface area (Å²) in [5.41, 5.74) is -0.660. The van der Waals surface area contributed by atoms with Crippen molar-refractivity contribution < 1.29 is 19.1 Å². The van der Waals surface area contributed by atoms with E-state index >= 15 is 0 Å². The number of hydrogen-bond donors (Lipinski definition) is 2. The molecule has 1 aromatic rings. The van der Waals surface area contributed by atoms with Gasteiger partial charge in [-0.25, -0.2) is 4.79 Å². The topological polar surface area (TPSA) is 87.7 Å². The van der Waals surface area contributed by atoms with E-state index in [1.165, 1.54) is 0 Å². The standard InChI is InChI=1S/C25H41N3O4/c1-10-14-17(2)26-21(29)20(19-15-12-11-13-16-19)28(24(4,5)6)22(30)18(3)27-23(31)32-25(7,8)9/h11-13,15-18,20H,10,14H2,1-9H3,(H,26,29)(H,27,31). The molecule has 0 aliphatic carbocycles. The van der Waals surface area contributed by atoms with Crippen LogP contribution in [0.3, 0.4) is 0 Å². The molecule has 3 unspecified atom stereocenters. The van der Waals surface area contributed by atoms with Gasteiger partial charge in [0.2, 0.25) is 11.8 Å². The highest BCUT2D eigenvalue weighted by atomic mass is 16.6. The summed E-state index contributed by atoms with van der Waals surface area (Å²) in [6, 6.07) is 7.50. The average Bonchev–Trinajstić information content (AvgIpc) is 2.63. The maximum atomic E-state index is 13.6. The lowest BCUT2D eigenvalue weighted by molar-refractivity contribution is -0.148. The highest BCUT2D eigenvalue weighted by Crippen LogP contribution is 2.30. The molecule has 0 aromatic heterocycles. The smallest absolute Gasteiger partial charge is 0.408 e. The van der Waals surface area contributed by atoms with E-state index in [9.17, 15) is 14.4 Å². The van der Waals surface area contributed by atoms with Crippen molar-refractivity contribution in [3.63, 3.8) is 0 Å². The molecule has 0 heterocycles. The molecule has 180 valence electrons. The monoisotopic (exact) mass is 447 g/mol. The molecular weight excluding hydrogens is 406 g/mol. The van der Waals surface area contributed by atoms with Gasteiger partial charge in [-0.15, -0.1) is 0 Å². The van der Waals surface area contributed by atoms with Gasteiger partial charge in [-0.05, 0) is 67.4 Å². The minimum Gasteiger partial charge on any atom is -0.444 e. The first kappa shape index (κ1) is 27.5. The number of nitrogens with one attached hydrogen (secondary N) is 2. The number of rotatable bonds is 8. The Hall–Kier alpha value is -2.57. The zero-order chi connectivity index (χ0) is 24.7. The molecule has 3 atom stereocenters. The Balaban J connectivity index is 3.31. The molecule has 0 aliphatic heterocycles. The number of amides is 3. The fourth-order valence-corrected chi connectivity index (χ4v) is 3.48. The van der Waals surface area contributed by atoms with Gasteiger partial charge >= 0.3 is 6.09 Å². The minimum atomic E-state index is -0.879. The molecule has 1 rings (SSSR count). The Morgan fingerprint density at radius 2 is 1.53 bits per heavy atom. The molecular formula is C25H41N3O4. The van der Waals surface area contributed by atoms with Crippen LogP contribution in [0.15, 0.2) is 30.3 Å². The van der Waals surface area contributed by atoms with E-state index < -0.39 is 29.3 Å². The van der Waals surface area contributed by atoms with Crippen LogP contribution in [0.5, 0.6) is 0 Å². The summed E-state index contributed by atoms with van der Waals surface area (Å²) in [7, 11) is 0. The van der Waals surface area contributed by atoms with E-state index in [-0.39, 0.29) is 17.9 Å². The summed E-state index contributed by atoms with van der Waals surface area (Å²) >= 11 is 0. The van der Waals surface area contributed by atoms with Gasteiger partial charge < -0.3 is 20.3 Å². The zero-order valence-corrected chi connectivity index (χ0v) is 21.1. The zero-order valence-electron chi connectivity index (χ0n) is 21.1.